The van der Waals surface area contributed by atoms with E-state index in [2.05, 4.69) is 55.2 Å². The van der Waals surface area contributed by atoms with Crippen molar-refractivity contribution in [3.8, 4) is 0 Å². The van der Waals surface area contributed by atoms with E-state index in [1.807, 2.05) is 12.3 Å². The van der Waals surface area contributed by atoms with E-state index in [1.54, 1.807) is 18.3 Å². The number of nitrogens with zero attached hydrogens (tertiary/aromatic N) is 3. The van der Waals surface area contributed by atoms with Crippen molar-refractivity contribution in [2.24, 2.45) is 0 Å². The Balaban J connectivity index is 1.14. The Labute approximate surface area is 195 Å². The summed E-state index contributed by atoms with van der Waals surface area (Å²) in [5.41, 5.74) is 2.88. The summed E-state index contributed by atoms with van der Waals surface area (Å²) in [5.74, 6) is 0.153. The van der Waals surface area contributed by atoms with E-state index in [4.69, 9.17) is 0 Å². The summed E-state index contributed by atoms with van der Waals surface area (Å²) < 4.78 is 0. The van der Waals surface area contributed by atoms with E-state index < -0.39 is 0 Å². The van der Waals surface area contributed by atoms with Crippen LogP contribution in [0, 0.1) is 0 Å². The van der Waals surface area contributed by atoms with Gasteiger partial charge in [-0.25, -0.2) is 9.97 Å². The molecule has 3 heterocycles. The predicted molar refractivity (Wildman–Crippen MR) is 129 cm³/mol. The molecule has 1 aliphatic heterocycles. The first kappa shape index (κ1) is 21.5. The second kappa shape index (κ2) is 9.68. The number of para-hydroxylation sites is 1. The Morgan fingerprint density at radius 2 is 1.82 bits per heavy atom. The zero-order valence-corrected chi connectivity index (χ0v) is 18.8. The topological polar surface area (TPSA) is 109 Å². The van der Waals surface area contributed by atoms with Crippen LogP contribution < -0.4 is 16.0 Å². The third-order valence-electron chi connectivity index (χ3n) is 5.96. The molecule has 0 atom stereocenters. The molecule has 3 aromatic rings. The summed E-state index contributed by atoms with van der Waals surface area (Å²) in [7, 11) is 0. The molecule has 2 aromatic heterocycles. The van der Waals surface area contributed by atoms with Crippen LogP contribution in [0.4, 0.5) is 10.7 Å². The molecule has 3 N–H and O–H groups in total. The van der Waals surface area contributed by atoms with Gasteiger partial charge in [0.15, 0.2) is 0 Å². The van der Waals surface area contributed by atoms with Crippen LogP contribution in [0.2, 0.25) is 0 Å². The molecule has 5 rings (SSSR count). The SMILES string of the molecule is O=C1NC(=O)/C(=C/c2ccnc(N[C@H]3CC[C@H](NCc4cccc5cccnc45)CC3)n2)S1. The fourth-order valence-corrected chi connectivity index (χ4v) is 4.93. The van der Waals surface area contributed by atoms with Crippen LogP contribution in [-0.4, -0.2) is 38.2 Å². The van der Waals surface area contributed by atoms with Crippen molar-refractivity contribution >= 4 is 45.8 Å². The summed E-state index contributed by atoms with van der Waals surface area (Å²) in [6.45, 7) is 0.811. The van der Waals surface area contributed by atoms with Gasteiger partial charge >= 0.3 is 0 Å². The van der Waals surface area contributed by atoms with Gasteiger partial charge in [-0.15, -0.1) is 0 Å². The van der Waals surface area contributed by atoms with Gasteiger partial charge in [-0.1, -0.05) is 24.3 Å². The fraction of sp³-hybridized carbons (Fsp3) is 0.292. The number of anilines is 1. The van der Waals surface area contributed by atoms with Gasteiger partial charge in [0, 0.05) is 36.4 Å². The van der Waals surface area contributed by atoms with E-state index in [0.717, 1.165) is 49.5 Å². The number of fused-ring (bicyclic) bond motifs is 1. The Morgan fingerprint density at radius 3 is 2.64 bits per heavy atom. The van der Waals surface area contributed by atoms with Crippen LogP contribution in [0.25, 0.3) is 17.0 Å². The van der Waals surface area contributed by atoms with E-state index >= 15 is 0 Å². The lowest BCUT2D eigenvalue weighted by atomic mass is 9.91. The van der Waals surface area contributed by atoms with Crippen molar-refractivity contribution in [3.05, 3.63) is 65.0 Å². The van der Waals surface area contributed by atoms with Gasteiger partial charge in [0.2, 0.25) is 5.95 Å². The Morgan fingerprint density at radius 1 is 1.00 bits per heavy atom. The molecule has 0 unspecified atom stereocenters. The van der Waals surface area contributed by atoms with Crippen molar-refractivity contribution in [2.75, 3.05) is 5.32 Å². The summed E-state index contributed by atoms with van der Waals surface area (Å²) in [6, 6.07) is 12.9. The lowest BCUT2D eigenvalue weighted by molar-refractivity contribution is -0.115. The predicted octanol–water partition coefficient (Wildman–Crippen LogP) is 3.86. The number of imide groups is 1. The number of nitrogens with one attached hydrogen (secondary N) is 3. The molecule has 0 radical (unpaired) electrons. The third-order valence-corrected chi connectivity index (χ3v) is 6.77. The second-order valence-corrected chi connectivity index (χ2v) is 9.24. The molecule has 1 saturated carbocycles. The van der Waals surface area contributed by atoms with Crippen molar-refractivity contribution in [3.63, 3.8) is 0 Å². The van der Waals surface area contributed by atoms with Gasteiger partial charge in [-0.3, -0.25) is 19.9 Å². The summed E-state index contributed by atoms with van der Waals surface area (Å²) >= 11 is 0.884. The maximum absolute atomic E-state index is 11.7. The number of benzene rings is 1. The van der Waals surface area contributed by atoms with E-state index in [1.165, 1.54) is 10.9 Å². The first-order chi connectivity index (χ1) is 16.1. The highest BCUT2D eigenvalue weighted by atomic mass is 32.2. The molecule has 2 amide bonds. The number of hydrogen-bond donors (Lipinski definition) is 3. The molecule has 1 aliphatic carbocycles. The normalized spacial score (nSPS) is 22.0. The number of rotatable bonds is 6. The minimum atomic E-state index is -0.386. The van der Waals surface area contributed by atoms with Gasteiger partial charge in [0.05, 0.1) is 16.1 Å². The van der Waals surface area contributed by atoms with Crippen LogP contribution in [0.15, 0.2) is 53.7 Å². The molecule has 1 saturated heterocycles. The highest BCUT2D eigenvalue weighted by molar-refractivity contribution is 8.18. The monoisotopic (exact) mass is 460 g/mol. The first-order valence-corrected chi connectivity index (χ1v) is 11.9. The van der Waals surface area contributed by atoms with E-state index in [-0.39, 0.29) is 11.1 Å². The zero-order chi connectivity index (χ0) is 22.6. The van der Waals surface area contributed by atoms with Gasteiger partial charge in [-0.05, 0) is 61.2 Å². The quantitative estimate of drug-likeness (QED) is 0.476. The summed E-state index contributed by atoms with van der Waals surface area (Å²) in [5, 5.41) is 10.2. The number of carbonyl (C=O) groups is 2. The summed E-state index contributed by atoms with van der Waals surface area (Å²) in [6.07, 6.45) is 9.29. The van der Waals surface area contributed by atoms with Crippen LogP contribution in [-0.2, 0) is 11.3 Å². The Hall–Kier alpha value is -3.30. The molecule has 33 heavy (non-hydrogen) atoms. The maximum Gasteiger partial charge on any atom is 0.290 e. The highest BCUT2D eigenvalue weighted by Crippen LogP contribution is 2.26. The molecule has 0 spiro atoms. The van der Waals surface area contributed by atoms with Crippen LogP contribution in [0.1, 0.15) is 36.9 Å². The number of pyridine rings is 1. The van der Waals surface area contributed by atoms with Gasteiger partial charge in [0.25, 0.3) is 11.1 Å². The van der Waals surface area contributed by atoms with Crippen molar-refractivity contribution in [1.82, 2.24) is 25.6 Å². The maximum atomic E-state index is 11.7. The van der Waals surface area contributed by atoms with Crippen molar-refractivity contribution in [1.29, 1.82) is 0 Å². The average molecular weight is 461 g/mol. The molecule has 168 valence electrons. The smallest absolute Gasteiger partial charge is 0.290 e. The van der Waals surface area contributed by atoms with Gasteiger partial charge in [0.1, 0.15) is 0 Å². The number of thioether (sulfide) groups is 1. The third kappa shape index (κ3) is 5.20. The second-order valence-electron chi connectivity index (χ2n) is 8.22. The molecule has 2 aliphatic rings. The molecule has 9 heteroatoms. The minimum Gasteiger partial charge on any atom is -0.351 e. The number of aromatic nitrogens is 3. The number of amides is 2. The van der Waals surface area contributed by atoms with Crippen LogP contribution >= 0.6 is 11.8 Å². The minimum absolute atomic E-state index is 0.302. The zero-order valence-electron chi connectivity index (χ0n) is 18.0. The molecule has 0 bridgehead atoms. The average Bonchev–Trinajstić information content (AvgIpc) is 3.15. The first-order valence-electron chi connectivity index (χ1n) is 11.0. The summed E-state index contributed by atoms with van der Waals surface area (Å²) in [4.78, 5) is 36.8. The van der Waals surface area contributed by atoms with E-state index in [0.29, 0.717) is 28.6 Å². The van der Waals surface area contributed by atoms with Gasteiger partial charge < -0.3 is 10.6 Å². The van der Waals surface area contributed by atoms with E-state index in [9.17, 15) is 9.59 Å². The van der Waals surface area contributed by atoms with Crippen molar-refractivity contribution in [2.45, 2.75) is 44.3 Å². The molecular formula is C24H24N6O2S. The van der Waals surface area contributed by atoms with Gasteiger partial charge in [-0.2, -0.15) is 0 Å². The lowest BCUT2D eigenvalue weighted by Gasteiger charge is -2.30. The largest absolute Gasteiger partial charge is 0.351 e. The number of hydrogen-bond acceptors (Lipinski definition) is 8. The Bertz CT molecular complexity index is 1220. The van der Waals surface area contributed by atoms with Crippen LogP contribution in [0.5, 0.6) is 0 Å². The molecular weight excluding hydrogens is 436 g/mol. The molecule has 8 nitrogen and oxygen atoms in total. The standard InChI is InChI=1S/C24H24N6O2S/c31-22-20(33-24(32)30-22)13-19-10-12-26-23(29-19)28-18-8-6-17(7-9-18)27-14-16-4-1-3-15-5-2-11-25-21(15)16/h1-5,10-13,17-18,27H,6-9,14H2,(H,26,28,29)(H,30,31,32)/b20-13-/t17-,18-. The van der Waals surface area contributed by atoms with Crippen LogP contribution in [0.3, 0.4) is 0 Å². The van der Waals surface area contributed by atoms with Crippen molar-refractivity contribution < 1.29 is 9.59 Å². The molecule has 1 aromatic carbocycles. The molecule has 2 fully saturated rings. The number of carbonyl (C=O) groups excluding carboxylic acids is 2. The fourth-order valence-electron chi connectivity index (χ4n) is 4.27. The lowest BCUT2D eigenvalue weighted by Crippen LogP contribution is -2.37. The Kier molecular flexibility index (Phi) is 6.32. The highest BCUT2D eigenvalue weighted by Gasteiger charge is 2.25.